The lowest BCUT2D eigenvalue weighted by Gasteiger charge is -2.07. The highest BCUT2D eigenvalue weighted by Gasteiger charge is 2.16. The summed E-state index contributed by atoms with van der Waals surface area (Å²) < 4.78 is 27.2. The molecular weight excluding hydrogens is 322 g/mol. The van der Waals surface area contributed by atoms with Gasteiger partial charge in [0.25, 0.3) is 5.91 Å². The Balaban J connectivity index is 2.35. The number of carbonyl (C=O) groups is 1. The Bertz CT molecular complexity index is 677. The molecule has 0 atom stereocenters. The van der Waals surface area contributed by atoms with Crippen LogP contribution >= 0.6 is 15.9 Å². The summed E-state index contributed by atoms with van der Waals surface area (Å²) in [5, 5.41) is 2.03. The molecule has 7 heteroatoms. The first kappa shape index (κ1) is 13.4. The third kappa shape index (κ3) is 2.87. The molecule has 0 radical (unpaired) electrons. The Kier molecular flexibility index (Phi) is 3.75. The Morgan fingerprint density at radius 1 is 1.26 bits per heavy atom. The molecule has 1 heterocycles. The van der Waals surface area contributed by atoms with Crippen molar-refractivity contribution < 1.29 is 13.6 Å². The molecule has 19 heavy (non-hydrogen) atoms. The van der Waals surface area contributed by atoms with Crippen molar-refractivity contribution >= 4 is 27.5 Å². The molecule has 0 saturated heterocycles. The van der Waals surface area contributed by atoms with E-state index in [0.717, 1.165) is 24.4 Å². The van der Waals surface area contributed by atoms with Crippen LogP contribution in [0.4, 0.5) is 14.5 Å². The minimum Gasteiger partial charge on any atom is -0.367 e. The molecule has 0 aliphatic heterocycles. The molecule has 98 valence electrons. The van der Waals surface area contributed by atoms with Crippen molar-refractivity contribution in [3.05, 3.63) is 62.5 Å². The first-order valence-electron chi connectivity index (χ1n) is 5.12. The highest BCUT2D eigenvalue weighted by Crippen LogP contribution is 2.23. The predicted molar refractivity (Wildman–Crippen MR) is 69.1 cm³/mol. The molecule has 0 spiro atoms. The van der Waals surface area contributed by atoms with Gasteiger partial charge in [0.05, 0.1) is 0 Å². The maximum Gasteiger partial charge on any atom is 0.261 e. The lowest BCUT2D eigenvalue weighted by molar-refractivity contribution is 0.102. The van der Waals surface area contributed by atoms with Gasteiger partial charge in [-0.15, -0.1) is 0 Å². The number of nitrogens with one attached hydrogen (secondary N) is 2. The van der Waals surface area contributed by atoms with Gasteiger partial charge in [-0.3, -0.25) is 9.59 Å². The van der Waals surface area contributed by atoms with Crippen LogP contribution in [-0.4, -0.2) is 10.9 Å². The maximum absolute atomic E-state index is 13.5. The maximum atomic E-state index is 13.5. The number of hydrogen-bond donors (Lipinski definition) is 2. The first-order chi connectivity index (χ1) is 8.99. The molecule has 2 aromatic rings. The van der Waals surface area contributed by atoms with Gasteiger partial charge in [-0.05, 0) is 12.1 Å². The van der Waals surface area contributed by atoms with Gasteiger partial charge < -0.3 is 10.3 Å². The van der Waals surface area contributed by atoms with Crippen LogP contribution in [0.25, 0.3) is 0 Å². The molecule has 0 aliphatic carbocycles. The molecule has 2 N–H and O–H groups in total. The first-order valence-corrected chi connectivity index (χ1v) is 5.91. The Morgan fingerprint density at radius 3 is 2.47 bits per heavy atom. The summed E-state index contributed by atoms with van der Waals surface area (Å²) in [6, 6.07) is 3.16. The van der Waals surface area contributed by atoms with Crippen LogP contribution in [0, 0.1) is 11.6 Å². The van der Waals surface area contributed by atoms with E-state index >= 15 is 0 Å². The summed E-state index contributed by atoms with van der Waals surface area (Å²) in [4.78, 5) is 25.7. The van der Waals surface area contributed by atoms with Crippen molar-refractivity contribution in [2.75, 3.05) is 5.32 Å². The molecular formula is C12H7BrF2N2O2. The molecule has 1 amide bonds. The normalized spacial score (nSPS) is 10.3. The summed E-state index contributed by atoms with van der Waals surface area (Å²) in [6.45, 7) is 0. The van der Waals surface area contributed by atoms with Gasteiger partial charge in [0.1, 0.15) is 11.3 Å². The van der Waals surface area contributed by atoms with E-state index in [1.807, 2.05) is 5.32 Å². The number of amides is 1. The quantitative estimate of drug-likeness (QED) is 0.890. The summed E-state index contributed by atoms with van der Waals surface area (Å²) in [5.41, 5.74) is -1.38. The third-order valence-electron chi connectivity index (χ3n) is 2.31. The standard InChI is InChI=1S/C12H7BrF2N2O2/c13-6-3-8(14)11(9(15)4-6)17-12(19)7-5-16-2-1-10(7)18/h1-5H,(H,16,18)(H,17,19). The summed E-state index contributed by atoms with van der Waals surface area (Å²) in [5.74, 6) is -2.76. The fourth-order valence-electron chi connectivity index (χ4n) is 1.44. The predicted octanol–water partition coefficient (Wildman–Crippen LogP) is 2.67. The molecule has 0 aliphatic rings. The van der Waals surface area contributed by atoms with Crippen molar-refractivity contribution in [1.82, 2.24) is 4.98 Å². The number of anilines is 1. The number of halogens is 3. The zero-order chi connectivity index (χ0) is 14.0. The van der Waals surface area contributed by atoms with E-state index in [-0.39, 0.29) is 10.0 Å². The smallest absolute Gasteiger partial charge is 0.261 e. The van der Waals surface area contributed by atoms with Gasteiger partial charge in [0.2, 0.25) is 0 Å². The molecule has 0 bridgehead atoms. The van der Waals surface area contributed by atoms with Crippen LogP contribution < -0.4 is 10.7 Å². The van der Waals surface area contributed by atoms with E-state index in [2.05, 4.69) is 20.9 Å². The summed E-state index contributed by atoms with van der Waals surface area (Å²) >= 11 is 2.92. The van der Waals surface area contributed by atoms with E-state index in [1.54, 1.807) is 0 Å². The van der Waals surface area contributed by atoms with Crippen molar-refractivity contribution in [1.29, 1.82) is 0 Å². The number of pyridine rings is 1. The Hall–Kier alpha value is -2.02. The highest BCUT2D eigenvalue weighted by atomic mass is 79.9. The molecule has 1 aromatic carbocycles. The van der Waals surface area contributed by atoms with Crippen LogP contribution in [0.2, 0.25) is 0 Å². The second-order valence-electron chi connectivity index (χ2n) is 3.62. The Morgan fingerprint density at radius 2 is 1.89 bits per heavy atom. The van der Waals surface area contributed by atoms with Gasteiger partial charge in [-0.25, -0.2) is 8.78 Å². The number of aromatic nitrogens is 1. The molecule has 0 saturated carbocycles. The van der Waals surface area contributed by atoms with Crippen LogP contribution in [0.5, 0.6) is 0 Å². The largest absolute Gasteiger partial charge is 0.367 e. The topological polar surface area (TPSA) is 62.0 Å². The van der Waals surface area contributed by atoms with Gasteiger partial charge >= 0.3 is 0 Å². The van der Waals surface area contributed by atoms with E-state index < -0.39 is 28.7 Å². The molecule has 1 aromatic heterocycles. The van der Waals surface area contributed by atoms with Crippen molar-refractivity contribution in [2.45, 2.75) is 0 Å². The Labute approximate surface area is 114 Å². The average Bonchev–Trinajstić information content (AvgIpc) is 2.34. The average molecular weight is 329 g/mol. The third-order valence-corrected chi connectivity index (χ3v) is 2.77. The van der Waals surface area contributed by atoms with Crippen molar-refractivity contribution in [2.24, 2.45) is 0 Å². The van der Waals surface area contributed by atoms with Gasteiger partial charge in [0.15, 0.2) is 17.1 Å². The summed E-state index contributed by atoms with van der Waals surface area (Å²) in [7, 11) is 0. The number of benzene rings is 1. The molecule has 0 fully saturated rings. The zero-order valence-corrected chi connectivity index (χ0v) is 10.9. The zero-order valence-electron chi connectivity index (χ0n) is 9.34. The molecule has 4 nitrogen and oxygen atoms in total. The second-order valence-corrected chi connectivity index (χ2v) is 4.54. The fraction of sp³-hybridized carbons (Fsp3) is 0. The molecule has 2 rings (SSSR count). The lowest BCUT2D eigenvalue weighted by Crippen LogP contribution is -2.22. The number of aromatic amines is 1. The van der Waals surface area contributed by atoms with Gasteiger partial charge in [-0.2, -0.15) is 0 Å². The second kappa shape index (κ2) is 5.31. The molecule has 0 unspecified atom stereocenters. The van der Waals surface area contributed by atoms with E-state index in [9.17, 15) is 18.4 Å². The minimum absolute atomic E-state index is 0.207. The number of rotatable bonds is 2. The number of H-pyrrole nitrogens is 1. The van der Waals surface area contributed by atoms with E-state index in [0.29, 0.717) is 0 Å². The summed E-state index contributed by atoms with van der Waals surface area (Å²) in [6.07, 6.45) is 2.51. The van der Waals surface area contributed by atoms with Crippen LogP contribution in [0.3, 0.4) is 0 Å². The van der Waals surface area contributed by atoms with Crippen molar-refractivity contribution in [3.8, 4) is 0 Å². The van der Waals surface area contributed by atoms with Gasteiger partial charge in [0, 0.05) is 22.9 Å². The van der Waals surface area contributed by atoms with E-state index in [4.69, 9.17) is 0 Å². The number of hydrogen-bond acceptors (Lipinski definition) is 2. The fourth-order valence-corrected chi connectivity index (χ4v) is 1.84. The monoisotopic (exact) mass is 328 g/mol. The van der Waals surface area contributed by atoms with Crippen molar-refractivity contribution in [3.63, 3.8) is 0 Å². The van der Waals surface area contributed by atoms with Crippen LogP contribution in [-0.2, 0) is 0 Å². The SMILES string of the molecule is O=C(Nc1c(F)cc(Br)cc1F)c1c[nH]ccc1=O. The highest BCUT2D eigenvalue weighted by molar-refractivity contribution is 9.10. The minimum atomic E-state index is -0.937. The van der Waals surface area contributed by atoms with E-state index in [1.165, 1.54) is 6.20 Å². The number of carbonyl (C=O) groups excluding carboxylic acids is 1. The van der Waals surface area contributed by atoms with Crippen LogP contribution in [0.1, 0.15) is 10.4 Å². The lowest BCUT2D eigenvalue weighted by atomic mass is 10.2. The van der Waals surface area contributed by atoms with Gasteiger partial charge in [-0.1, -0.05) is 15.9 Å². The van der Waals surface area contributed by atoms with Crippen LogP contribution in [0.15, 0.2) is 39.9 Å².